The van der Waals surface area contributed by atoms with Gasteiger partial charge in [0.2, 0.25) is 0 Å². The zero-order valence-electron chi connectivity index (χ0n) is 11.2. The standard InChI is InChI=1S/C12H22O5/c1-6-16-10(15)12(4,5)8-17-9(14)11(2,3)7-13/h13H,6-8H2,1-5H3. The Kier molecular flexibility index (Phi) is 5.61. The molecule has 0 fully saturated rings. The highest BCUT2D eigenvalue weighted by Gasteiger charge is 2.34. The molecule has 0 unspecified atom stereocenters. The number of rotatable bonds is 6. The van der Waals surface area contributed by atoms with Gasteiger partial charge in [-0.05, 0) is 34.6 Å². The number of carbonyl (C=O) groups excluding carboxylic acids is 2. The van der Waals surface area contributed by atoms with E-state index in [4.69, 9.17) is 14.6 Å². The summed E-state index contributed by atoms with van der Waals surface area (Å²) in [5.41, 5.74) is -1.83. The molecule has 0 atom stereocenters. The maximum absolute atomic E-state index is 11.6. The average molecular weight is 246 g/mol. The van der Waals surface area contributed by atoms with Crippen molar-refractivity contribution in [2.24, 2.45) is 10.8 Å². The van der Waals surface area contributed by atoms with Crippen LogP contribution < -0.4 is 0 Å². The van der Waals surface area contributed by atoms with Gasteiger partial charge in [-0.1, -0.05) is 0 Å². The second kappa shape index (κ2) is 6.00. The normalized spacial score (nSPS) is 12.1. The highest BCUT2D eigenvalue weighted by Crippen LogP contribution is 2.21. The van der Waals surface area contributed by atoms with Crippen molar-refractivity contribution >= 4 is 11.9 Å². The van der Waals surface area contributed by atoms with Crippen LogP contribution in [0.15, 0.2) is 0 Å². The third-order valence-electron chi connectivity index (χ3n) is 2.34. The van der Waals surface area contributed by atoms with Crippen LogP contribution in [0.2, 0.25) is 0 Å². The van der Waals surface area contributed by atoms with Crippen LogP contribution in [0.3, 0.4) is 0 Å². The minimum Gasteiger partial charge on any atom is -0.465 e. The average Bonchev–Trinajstić information content (AvgIpc) is 2.26. The van der Waals surface area contributed by atoms with Gasteiger partial charge < -0.3 is 14.6 Å². The largest absolute Gasteiger partial charge is 0.465 e. The molecule has 0 saturated heterocycles. The predicted octanol–water partition coefficient (Wildman–Crippen LogP) is 1.14. The van der Waals surface area contributed by atoms with Crippen molar-refractivity contribution in [3.05, 3.63) is 0 Å². The lowest BCUT2D eigenvalue weighted by Crippen LogP contribution is -2.37. The van der Waals surface area contributed by atoms with Gasteiger partial charge in [0.05, 0.1) is 24.0 Å². The van der Waals surface area contributed by atoms with Crippen LogP contribution in [-0.2, 0) is 19.1 Å². The summed E-state index contributed by atoms with van der Waals surface area (Å²) in [5, 5.41) is 8.99. The molecule has 0 heterocycles. The highest BCUT2D eigenvalue weighted by atomic mass is 16.6. The van der Waals surface area contributed by atoms with E-state index in [2.05, 4.69) is 0 Å². The van der Waals surface area contributed by atoms with Crippen molar-refractivity contribution in [1.29, 1.82) is 0 Å². The first-order valence-electron chi connectivity index (χ1n) is 5.62. The topological polar surface area (TPSA) is 72.8 Å². The van der Waals surface area contributed by atoms with Crippen molar-refractivity contribution < 1.29 is 24.2 Å². The molecule has 17 heavy (non-hydrogen) atoms. The van der Waals surface area contributed by atoms with E-state index in [1.807, 2.05) is 0 Å². The lowest BCUT2D eigenvalue weighted by molar-refractivity contribution is -0.166. The summed E-state index contributed by atoms with van der Waals surface area (Å²) in [6, 6.07) is 0. The van der Waals surface area contributed by atoms with Gasteiger partial charge >= 0.3 is 11.9 Å². The molecule has 5 nitrogen and oxygen atoms in total. The van der Waals surface area contributed by atoms with E-state index in [0.717, 1.165) is 0 Å². The number of aliphatic hydroxyl groups is 1. The van der Waals surface area contributed by atoms with Crippen molar-refractivity contribution in [3.8, 4) is 0 Å². The molecule has 1 N–H and O–H groups in total. The number of carbonyl (C=O) groups is 2. The third-order valence-corrected chi connectivity index (χ3v) is 2.34. The van der Waals surface area contributed by atoms with Crippen molar-refractivity contribution in [2.45, 2.75) is 34.6 Å². The molecule has 0 saturated carbocycles. The molecule has 0 aliphatic rings. The summed E-state index contributed by atoms with van der Waals surface area (Å²) >= 11 is 0. The molecule has 100 valence electrons. The first-order chi connectivity index (χ1) is 7.67. The second-order valence-electron chi connectivity index (χ2n) is 5.22. The molecular formula is C12H22O5. The number of aliphatic hydroxyl groups excluding tert-OH is 1. The van der Waals surface area contributed by atoms with E-state index in [-0.39, 0.29) is 13.2 Å². The number of hydrogen-bond donors (Lipinski definition) is 1. The SMILES string of the molecule is CCOC(=O)C(C)(C)COC(=O)C(C)(C)CO. The zero-order chi connectivity index (χ0) is 13.7. The summed E-state index contributed by atoms with van der Waals surface area (Å²) in [4.78, 5) is 23.1. The predicted molar refractivity (Wildman–Crippen MR) is 62.2 cm³/mol. The fraction of sp³-hybridized carbons (Fsp3) is 0.833. The monoisotopic (exact) mass is 246 g/mol. The van der Waals surface area contributed by atoms with Crippen LogP contribution in [-0.4, -0.2) is 36.9 Å². The maximum atomic E-state index is 11.6. The Bertz CT molecular complexity index is 281. The fourth-order valence-corrected chi connectivity index (χ4v) is 0.891. The fourth-order valence-electron chi connectivity index (χ4n) is 0.891. The van der Waals surface area contributed by atoms with Gasteiger partial charge in [-0.25, -0.2) is 0 Å². The second-order valence-corrected chi connectivity index (χ2v) is 5.22. The lowest BCUT2D eigenvalue weighted by atomic mass is 9.93. The van der Waals surface area contributed by atoms with E-state index in [0.29, 0.717) is 6.61 Å². The van der Waals surface area contributed by atoms with Gasteiger partial charge in [-0.3, -0.25) is 9.59 Å². The van der Waals surface area contributed by atoms with Crippen LogP contribution in [0.4, 0.5) is 0 Å². The molecule has 0 aromatic rings. The molecule has 0 aromatic carbocycles. The van der Waals surface area contributed by atoms with Crippen LogP contribution in [0.25, 0.3) is 0 Å². The Labute approximate surface area is 102 Å². The summed E-state index contributed by atoms with van der Waals surface area (Å²) in [5.74, 6) is -0.938. The minimum atomic E-state index is -0.954. The molecule has 0 rings (SSSR count). The Morgan fingerprint density at radius 3 is 1.88 bits per heavy atom. The minimum absolute atomic E-state index is 0.0614. The smallest absolute Gasteiger partial charge is 0.314 e. The first kappa shape index (κ1) is 15.9. The third kappa shape index (κ3) is 4.73. The Hall–Kier alpha value is -1.10. The van der Waals surface area contributed by atoms with Crippen LogP contribution >= 0.6 is 0 Å². The highest BCUT2D eigenvalue weighted by molar-refractivity contribution is 5.78. The summed E-state index contributed by atoms with van der Waals surface area (Å²) in [6.07, 6.45) is 0. The van der Waals surface area contributed by atoms with Crippen molar-refractivity contribution in [3.63, 3.8) is 0 Å². The van der Waals surface area contributed by atoms with Gasteiger partial charge in [-0.2, -0.15) is 0 Å². The molecule has 0 spiro atoms. The van der Waals surface area contributed by atoms with Crippen molar-refractivity contribution in [2.75, 3.05) is 19.8 Å². The Balaban J connectivity index is 4.37. The van der Waals surface area contributed by atoms with Gasteiger partial charge in [0.1, 0.15) is 6.61 Å². The Morgan fingerprint density at radius 2 is 1.47 bits per heavy atom. The van der Waals surface area contributed by atoms with E-state index in [1.54, 1.807) is 34.6 Å². The number of hydrogen-bond acceptors (Lipinski definition) is 5. The van der Waals surface area contributed by atoms with Crippen LogP contribution in [0.5, 0.6) is 0 Å². The molecule has 0 aliphatic heterocycles. The molecule has 0 amide bonds. The molecule has 0 radical (unpaired) electrons. The van der Waals surface area contributed by atoms with E-state index in [1.165, 1.54) is 0 Å². The van der Waals surface area contributed by atoms with Gasteiger partial charge in [0.25, 0.3) is 0 Å². The first-order valence-corrected chi connectivity index (χ1v) is 5.62. The van der Waals surface area contributed by atoms with Crippen molar-refractivity contribution in [1.82, 2.24) is 0 Å². The molecule has 0 aromatic heterocycles. The maximum Gasteiger partial charge on any atom is 0.314 e. The molecular weight excluding hydrogens is 224 g/mol. The summed E-state index contributed by atoms with van der Waals surface area (Å²) < 4.78 is 9.90. The zero-order valence-corrected chi connectivity index (χ0v) is 11.2. The molecule has 0 bridgehead atoms. The van der Waals surface area contributed by atoms with Gasteiger partial charge in [0.15, 0.2) is 0 Å². The van der Waals surface area contributed by atoms with E-state index < -0.39 is 22.8 Å². The summed E-state index contributed by atoms with van der Waals surface area (Å²) in [6.45, 7) is 8.08. The molecule has 0 aliphatic carbocycles. The van der Waals surface area contributed by atoms with E-state index >= 15 is 0 Å². The van der Waals surface area contributed by atoms with E-state index in [9.17, 15) is 9.59 Å². The van der Waals surface area contributed by atoms with Crippen LogP contribution in [0, 0.1) is 10.8 Å². The van der Waals surface area contributed by atoms with Gasteiger partial charge in [0, 0.05) is 0 Å². The number of ether oxygens (including phenoxy) is 2. The summed E-state index contributed by atoms with van der Waals surface area (Å²) in [7, 11) is 0. The molecule has 5 heteroatoms. The number of esters is 2. The lowest BCUT2D eigenvalue weighted by Gasteiger charge is -2.25. The van der Waals surface area contributed by atoms with Crippen LogP contribution in [0.1, 0.15) is 34.6 Å². The quantitative estimate of drug-likeness (QED) is 0.711. The Morgan fingerprint density at radius 1 is 1.00 bits per heavy atom. The van der Waals surface area contributed by atoms with Gasteiger partial charge in [-0.15, -0.1) is 0 Å².